The number of alkyl halides is 3. The Labute approximate surface area is 119 Å². The number of hydrogen-bond donors (Lipinski definition) is 2. The molecule has 21 heavy (non-hydrogen) atoms. The molecule has 2 N–H and O–H groups in total. The third-order valence-corrected chi connectivity index (χ3v) is 3.58. The molecular formula is C14H16F4N2O. The third kappa shape index (κ3) is 3.93. The molecule has 7 heteroatoms. The Morgan fingerprint density at radius 3 is 2.62 bits per heavy atom. The van der Waals surface area contributed by atoms with Crippen LogP contribution in [0.5, 0.6) is 0 Å². The van der Waals surface area contributed by atoms with Crippen LogP contribution < -0.4 is 10.6 Å². The maximum Gasteiger partial charge on any atom is 0.416 e. The Bertz CT molecular complexity index is 522. The summed E-state index contributed by atoms with van der Waals surface area (Å²) in [6.07, 6.45) is -3.15. The molecule has 2 rings (SSSR count). The van der Waals surface area contributed by atoms with Crippen molar-refractivity contribution >= 4 is 11.6 Å². The number of hydrogen-bond acceptors (Lipinski definition) is 2. The molecular weight excluding hydrogens is 288 g/mol. The molecule has 3 nitrogen and oxygen atoms in total. The fourth-order valence-electron chi connectivity index (χ4n) is 2.25. The average molecular weight is 304 g/mol. The fourth-order valence-corrected chi connectivity index (χ4v) is 2.25. The average Bonchev–Trinajstić information content (AvgIpc) is 2.40. The summed E-state index contributed by atoms with van der Waals surface area (Å²) in [4.78, 5) is 12.0. The lowest BCUT2D eigenvalue weighted by atomic mass is 9.94. The molecule has 1 fully saturated rings. The van der Waals surface area contributed by atoms with Gasteiger partial charge >= 0.3 is 6.18 Å². The number of benzene rings is 1. The highest BCUT2D eigenvalue weighted by Crippen LogP contribution is 2.32. The van der Waals surface area contributed by atoms with Gasteiger partial charge in [-0.2, -0.15) is 13.2 Å². The van der Waals surface area contributed by atoms with Crippen molar-refractivity contribution in [1.29, 1.82) is 0 Å². The minimum atomic E-state index is -4.57. The van der Waals surface area contributed by atoms with Crippen LogP contribution >= 0.6 is 0 Å². The van der Waals surface area contributed by atoms with Gasteiger partial charge in [0.15, 0.2) is 0 Å². The second-order valence-electron chi connectivity index (χ2n) is 5.27. The van der Waals surface area contributed by atoms with Crippen LogP contribution in [0, 0.1) is 11.7 Å². The molecule has 1 heterocycles. The molecule has 1 aromatic carbocycles. The molecule has 1 aromatic rings. The van der Waals surface area contributed by atoms with E-state index >= 15 is 0 Å². The van der Waals surface area contributed by atoms with Gasteiger partial charge in [0.25, 0.3) is 0 Å². The van der Waals surface area contributed by atoms with E-state index in [-0.39, 0.29) is 5.92 Å². The highest BCUT2D eigenvalue weighted by atomic mass is 19.4. The topological polar surface area (TPSA) is 41.1 Å². The van der Waals surface area contributed by atoms with Gasteiger partial charge in [-0.05, 0) is 38.0 Å². The molecule has 2 unspecified atom stereocenters. The molecule has 0 bridgehead atoms. The summed E-state index contributed by atoms with van der Waals surface area (Å²) in [7, 11) is 0. The van der Waals surface area contributed by atoms with Crippen molar-refractivity contribution in [2.75, 3.05) is 11.9 Å². The second-order valence-corrected chi connectivity index (χ2v) is 5.27. The molecule has 1 aliphatic rings. The van der Waals surface area contributed by atoms with Gasteiger partial charge in [0, 0.05) is 12.6 Å². The zero-order valence-electron chi connectivity index (χ0n) is 11.4. The summed E-state index contributed by atoms with van der Waals surface area (Å²) in [6, 6.07) is 2.28. The van der Waals surface area contributed by atoms with Crippen molar-refractivity contribution in [1.82, 2.24) is 5.32 Å². The van der Waals surface area contributed by atoms with E-state index in [9.17, 15) is 22.4 Å². The maximum absolute atomic E-state index is 13.5. The van der Waals surface area contributed by atoms with Crippen LogP contribution in [0.15, 0.2) is 18.2 Å². The van der Waals surface area contributed by atoms with Gasteiger partial charge in [0.1, 0.15) is 5.82 Å². The van der Waals surface area contributed by atoms with Crippen molar-refractivity contribution in [3.05, 3.63) is 29.6 Å². The summed E-state index contributed by atoms with van der Waals surface area (Å²) in [5.41, 5.74) is -1.43. The van der Waals surface area contributed by atoms with Gasteiger partial charge in [0.2, 0.25) is 5.91 Å². The van der Waals surface area contributed by atoms with Crippen LogP contribution in [-0.2, 0) is 11.0 Å². The first-order valence-corrected chi connectivity index (χ1v) is 6.68. The van der Waals surface area contributed by atoms with E-state index < -0.39 is 29.2 Å². The molecule has 0 radical (unpaired) electrons. The van der Waals surface area contributed by atoms with Gasteiger partial charge in [-0.15, -0.1) is 0 Å². The van der Waals surface area contributed by atoms with E-state index in [4.69, 9.17) is 0 Å². The molecule has 0 aliphatic carbocycles. The summed E-state index contributed by atoms with van der Waals surface area (Å²) in [5, 5.41) is 5.37. The van der Waals surface area contributed by atoms with Crippen LogP contribution in [0.3, 0.4) is 0 Å². The largest absolute Gasteiger partial charge is 0.416 e. The van der Waals surface area contributed by atoms with Gasteiger partial charge in [-0.25, -0.2) is 4.39 Å². The number of halogens is 4. The summed E-state index contributed by atoms with van der Waals surface area (Å²) in [5.74, 6) is -1.71. The molecule has 0 aromatic heterocycles. The van der Waals surface area contributed by atoms with Gasteiger partial charge in [-0.1, -0.05) is 0 Å². The summed E-state index contributed by atoms with van der Waals surface area (Å²) >= 11 is 0. The lowest BCUT2D eigenvalue weighted by Gasteiger charge is -2.26. The first-order chi connectivity index (χ1) is 9.77. The predicted octanol–water partition coefficient (Wildman–Crippen LogP) is 3.17. The van der Waals surface area contributed by atoms with Crippen molar-refractivity contribution in [2.24, 2.45) is 5.92 Å². The van der Waals surface area contributed by atoms with Crippen molar-refractivity contribution < 1.29 is 22.4 Å². The van der Waals surface area contributed by atoms with E-state index in [1.807, 2.05) is 6.92 Å². The number of rotatable bonds is 2. The molecule has 2 atom stereocenters. The van der Waals surface area contributed by atoms with Crippen LogP contribution in [0.1, 0.15) is 25.3 Å². The molecule has 1 saturated heterocycles. The fraction of sp³-hybridized carbons (Fsp3) is 0.500. The smallest absolute Gasteiger partial charge is 0.323 e. The quantitative estimate of drug-likeness (QED) is 0.824. The lowest BCUT2D eigenvalue weighted by molar-refractivity contribution is -0.137. The van der Waals surface area contributed by atoms with Gasteiger partial charge < -0.3 is 10.6 Å². The number of anilines is 1. The lowest BCUT2D eigenvalue weighted by Crippen LogP contribution is -2.41. The van der Waals surface area contributed by atoms with Gasteiger partial charge in [-0.3, -0.25) is 4.79 Å². The molecule has 1 amide bonds. The highest BCUT2D eigenvalue weighted by molar-refractivity contribution is 5.93. The van der Waals surface area contributed by atoms with Crippen LogP contribution in [0.25, 0.3) is 0 Å². The predicted molar refractivity (Wildman–Crippen MR) is 70.2 cm³/mol. The number of carbonyl (C=O) groups is 1. The second kappa shape index (κ2) is 6.01. The molecule has 116 valence electrons. The Balaban J connectivity index is 2.10. The first-order valence-electron chi connectivity index (χ1n) is 6.68. The SMILES string of the molecule is CC1CCC(C(=O)Nc2cc(C(F)(F)F)ccc2F)CN1. The Morgan fingerprint density at radius 1 is 1.33 bits per heavy atom. The zero-order chi connectivity index (χ0) is 15.6. The van der Waals surface area contributed by atoms with E-state index in [2.05, 4.69) is 10.6 Å². The first kappa shape index (κ1) is 15.8. The summed E-state index contributed by atoms with van der Waals surface area (Å²) in [6.45, 7) is 2.42. The maximum atomic E-state index is 13.5. The monoisotopic (exact) mass is 304 g/mol. The summed E-state index contributed by atoms with van der Waals surface area (Å²) < 4.78 is 51.3. The van der Waals surface area contributed by atoms with Crippen LogP contribution in [-0.4, -0.2) is 18.5 Å². The zero-order valence-corrected chi connectivity index (χ0v) is 11.4. The third-order valence-electron chi connectivity index (χ3n) is 3.58. The Morgan fingerprint density at radius 2 is 2.05 bits per heavy atom. The normalized spacial score (nSPS) is 22.9. The molecule has 1 aliphatic heterocycles. The van der Waals surface area contributed by atoms with Crippen molar-refractivity contribution in [3.63, 3.8) is 0 Å². The molecule has 0 saturated carbocycles. The van der Waals surface area contributed by atoms with Crippen LogP contribution in [0.4, 0.5) is 23.2 Å². The van der Waals surface area contributed by atoms with Crippen molar-refractivity contribution in [3.8, 4) is 0 Å². The Hall–Kier alpha value is -1.63. The minimum Gasteiger partial charge on any atom is -0.323 e. The van der Waals surface area contributed by atoms with Crippen LogP contribution in [0.2, 0.25) is 0 Å². The van der Waals surface area contributed by atoms with E-state index in [1.165, 1.54) is 0 Å². The van der Waals surface area contributed by atoms with E-state index in [0.29, 0.717) is 37.2 Å². The number of amides is 1. The Kier molecular flexibility index (Phi) is 4.51. The molecule has 0 spiro atoms. The number of piperidine rings is 1. The van der Waals surface area contributed by atoms with Crippen molar-refractivity contribution in [2.45, 2.75) is 32.0 Å². The standard InChI is InChI=1S/C14H16F4N2O/c1-8-2-3-9(7-19-8)13(21)20-12-6-10(14(16,17)18)4-5-11(12)15/h4-6,8-9,19H,2-3,7H2,1H3,(H,20,21). The van der Waals surface area contributed by atoms with E-state index in [1.54, 1.807) is 0 Å². The van der Waals surface area contributed by atoms with E-state index in [0.717, 1.165) is 6.42 Å². The minimum absolute atomic E-state index is 0.305. The highest BCUT2D eigenvalue weighted by Gasteiger charge is 2.32. The number of carbonyl (C=O) groups excluding carboxylic acids is 1. The van der Waals surface area contributed by atoms with Gasteiger partial charge in [0.05, 0.1) is 17.2 Å². The number of nitrogens with one attached hydrogen (secondary N) is 2.